The van der Waals surface area contributed by atoms with E-state index >= 15 is 0 Å². The summed E-state index contributed by atoms with van der Waals surface area (Å²) in [6.45, 7) is 2.62. The van der Waals surface area contributed by atoms with Gasteiger partial charge in [0.05, 0.1) is 12.0 Å². The van der Waals surface area contributed by atoms with Gasteiger partial charge < -0.3 is 20.3 Å². The van der Waals surface area contributed by atoms with E-state index in [1.54, 1.807) is 12.0 Å². The summed E-state index contributed by atoms with van der Waals surface area (Å²) in [5.41, 5.74) is 0.355. The molecule has 1 aromatic carbocycles. The normalized spacial score (nSPS) is 23.3. The van der Waals surface area contributed by atoms with Crippen LogP contribution in [0.2, 0.25) is 0 Å². The number of nitrogens with zero attached hydrogens (tertiary/aromatic N) is 1. The molecule has 2 heterocycles. The van der Waals surface area contributed by atoms with Crippen molar-refractivity contribution in [2.45, 2.75) is 25.3 Å². The Kier molecular flexibility index (Phi) is 5.16. The van der Waals surface area contributed by atoms with Crippen molar-refractivity contribution in [1.29, 1.82) is 0 Å². The fraction of sp³-hybridized carbons (Fsp3) is 0.556. The number of piperidine rings is 1. The number of rotatable bonds is 5. The van der Waals surface area contributed by atoms with Crippen molar-refractivity contribution in [3.05, 3.63) is 30.3 Å². The van der Waals surface area contributed by atoms with Crippen LogP contribution < -0.4 is 15.5 Å². The Morgan fingerprint density at radius 3 is 2.71 bits per heavy atom. The molecule has 6 heteroatoms. The molecule has 1 aromatic rings. The van der Waals surface area contributed by atoms with E-state index in [2.05, 4.69) is 10.6 Å². The SMILES string of the molecule is COCC1(C(=O)NC2CCN(c3ccccc3)C2=O)CCNCC1. The van der Waals surface area contributed by atoms with Gasteiger partial charge in [-0.05, 0) is 44.5 Å². The van der Waals surface area contributed by atoms with E-state index < -0.39 is 11.5 Å². The number of anilines is 1. The Balaban J connectivity index is 1.67. The molecule has 6 nitrogen and oxygen atoms in total. The highest BCUT2D eigenvalue weighted by Crippen LogP contribution is 2.30. The quantitative estimate of drug-likeness (QED) is 0.842. The number of hydrogen-bond acceptors (Lipinski definition) is 4. The molecular formula is C18H25N3O3. The number of benzene rings is 1. The van der Waals surface area contributed by atoms with Gasteiger partial charge in [-0.1, -0.05) is 18.2 Å². The summed E-state index contributed by atoms with van der Waals surface area (Å²) in [5, 5.41) is 6.26. The number of methoxy groups -OCH3 is 1. The molecule has 2 N–H and O–H groups in total. The molecule has 3 rings (SSSR count). The number of para-hydroxylation sites is 1. The minimum absolute atomic E-state index is 0.0314. The summed E-state index contributed by atoms with van der Waals surface area (Å²) in [6, 6.07) is 9.15. The zero-order chi connectivity index (χ0) is 17.0. The average molecular weight is 331 g/mol. The highest BCUT2D eigenvalue weighted by molar-refractivity contribution is 6.01. The fourth-order valence-corrected chi connectivity index (χ4v) is 3.61. The van der Waals surface area contributed by atoms with Crippen molar-refractivity contribution in [3.8, 4) is 0 Å². The van der Waals surface area contributed by atoms with Gasteiger partial charge in [0.25, 0.3) is 0 Å². The average Bonchev–Trinajstić information content (AvgIpc) is 2.97. The molecule has 0 saturated carbocycles. The third-order valence-corrected chi connectivity index (χ3v) is 5.04. The van der Waals surface area contributed by atoms with Gasteiger partial charge in [0.15, 0.2) is 0 Å². The zero-order valence-corrected chi connectivity index (χ0v) is 14.1. The van der Waals surface area contributed by atoms with E-state index in [1.165, 1.54) is 0 Å². The van der Waals surface area contributed by atoms with Gasteiger partial charge in [0, 0.05) is 19.3 Å². The number of amides is 2. The van der Waals surface area contributed by atoms with Crippen LogP contribution in [0, 0.1) is 5.41 Å². The van der Waals surface area contributed by atoms with Gasteiger partial charge in [0.1, 0.15) is 6.04 Å². The molecule has 0 bridgehead atoms. The molecule has 2 saturated heterocycles. The Hall–Kier alpha value is -1.92. The molecule has 0 spiro atoms. The topological polar surface area (TPSA) is 70.7 Å². The predicted molar refractivity (Wildman–Crippen MR) is 91.8 cm³/mol. The van der Waals surface area contributed by atoms with Crippen molar-refractivity contribution in [3.63, 3.8) is 0 Å². The highest BCUT2D eigenvalue weighted by atomic mass is 16.5. The molecule has 1 atom stereocenters. The molecule has 24 heavy (non-hydrogen) atoms. The Bertz CT molecular complexity index is 579. The first-order chi connectivity index (χ1) is 11.7. The second kappa shape index (κ2) is 7.32. The van der Waals surface area contributed by atoms with E-state index in [1.807, 2.05) is 30.3 Å². The summed E-state index contributed by atoms with van der Waals surface area (Å²) in [6.07, 6.45) is 2.10. The Labute approximate surface area is 142 Å². The van der Waals surface area contributed by atoms with Gasteiger partial charge in [0.2, 0.25) is 11.8 Å². The molecule has 2 fully saturated rings. The lowest BCUT2D eigenvalue weighted by atomic mass is 9.78. The first-order valence-electron chi connectivity index (χ1n) is 8.53. The summed E-state index contributed by atoms with van der Waals surface area (Å²) in [4.78, 5) is 27.3. The van der Waals surface area contributed by atoms with Crippen LogP contribution >= 0.6 is 0 Å². The zero-order valence-electron chi connectivity index (χ0n) is 14.1. The molecular weight excluding hydrogens is 306 g/mol. The van der Waals surface area contributed by atoms with Gasteiger partial charge in [-0.2, -0.15) is 0 Å². The minimum atomic E-state index is -0.527. The Morgan fingerprint density at radius 1 is 1.33 bits per heavy atom. The Morgan fingerprint density at radius 2 is 2.04 bits per heavy atom. The van der Waals surface area contributed by atoms with E-state index in [4.69, 9.17) is 4.74 Å². The van der Waals surface area contributed by atoms with Crippen LogP contribution in [0.4, 0.5) is 5.69 Å². The van der Waals surface area contributed by atoms with Crippen molar-refractivity contribution in [2.75, 3.05) is 38.3 Å². The van der Waals surface area contributed by atoms with Crippen LogP contribution in [0.5, 0.6) is 0 Å². The summed E-state index contributed by atoms with van der Waals surface area (Å²) < 4.78 is 5.30. The van der Waals surface area contributed by atoms with Crippen LogP contribution in [0.3, 0.4) is 0 Å². The molecule has 130 valence electrons. The van der Waals surface area contributed by atoms with Crippen molar-refractivity contribution in [1.82, 2.24) is 10.6 Å². The van der Waals surface area contributed by atoms with E-state index in [-0.39, 0.29) is 11.8 Å². The highest BCUT2D eigenvalue weighted by Gasteiger charge is 2.42. The number of carbonyl (C=O) groups excluding carboxylic acids is 2. The van der Waals surface area contributed by atoms with E-state index in [9.17, 15) is 9.59 Å². The van der Waals surface area contributed by atoms with E-state index in [0.29, 0.717) is 19.6 Å². The van der Waals surface area contributed by atoms with Gasteiger partial charge >= 0.3 is 0 Å². The number of ether oxygens (including phenoxy) is 1. The van der Waals surface area contributed by atoms with Gasteiger partial charge in [-0.25, -0.2) is 0 Å². The van der Waals surface area contributed by atoms with Crippen LogP contribution in [0.15, 0.2) is 30.3 Å². The smallest absolute Gasteiger partial charge is 0.249 e. The maximum absolute atomic E-state index is 12.9. The summed E-state index contributed by atoms with van der Waals surface area (Å²) in [5.74, 6) is -0.0878. The standard InChI is InChI=1S/C18H25N3O3/c1-24-13-18(8-10-19-11-9-18)17(23)20-15-7-12-21(16(15)22)14-5-3-2-4-6-14/h2-6,15,19H,7-13H2,1H3,(H,20,23). The van der Waals surface area contributed by atoms with Gasteiger partial charge in [-0.15, -0.1) is 0 Å². The lowest BCUT2D eigenvalue weighted by Gasteiger charge is -2.36. The molecule has 0 aromatic heterocycles. The number of nitrogens with one attached hydrogen (secondary N) is 2. The van der Waals surface area contributed by atoms with Gasteiger partial charge in [-0.3, -0.25) is 9.59 Å². The minimum Gasteiger partial charge on any atom is -0.384 e. The number of hydrogen-bond donors (Lipinski definition) is 2. The summed E-state index contributed by atoms with van der Waals surface area (Å²) in [7, 11) is 1.62. The molecule has 2 aliphatic heterocycles. The van der Waals surface area contributed by atoms with Crippen molar-refractivity contribution < 1.29 is 14.3 Å². The van der Waals surface area contributed by atoms with Crippen LogP contribution in [-0.4, -0.2) is 51.2 Å². The second-order valence-corrected chi connectivity index (χ2v) is 6.60. The van der Waals surface area contributed by atoms with Crippen molar-refractivity contribution >= 4 is 17.5 Å². The molecule has 2 amide bonds. The maximum atomic E-state index is 12.9. The molecule has 2 aliphatic rings. The largest absolute Gasteiger partial charge is 0.384 e. The maximum Gasteiger partial charge on any atom is 0.249 e. The lowest BCUT2D eigenvalue weighted by Crippen LogP contribution is -2.53. The summed E-state index contributed by atoms with van der Waals surface area (Å²) >= 11 is 0. The fourth-order valence-electron chi connectivity index (χ4n) is 3.61. The molecule has 1 unspecified atom stereocenters. The lowest BCUT2D eigenvalue weighted by molar-refractivity contribution is -0.138. The van der Waals surface area contributed by atoms with Crippen LogP contribution in [-0.2, 0) is 14.3 Å². The number of carbonyl (C=O) groups is 2. The van der Waals surface area contributed by atoms with Crippen LogP contribution in [0.1, 0.15) is 19.3 Å². The molecule has 0 aliphatic carbocycles. The first kappa shape index (κ1) is 16.9. The third-order valence-electron chi connectivity index (χ3n) is 5.04. The second-order valence-electron chi connectivity index (χ2n) is 6.60. The van der Waals surface area contributed by atoms with Crippen LogP contribution in [0.25, 0.3) is 0 Å². The first-order valence-corrected chi connectivity index (χ1v) is 8.53. The predicted octanol–water partition coefficient (Wildman–Crippen LogP) is 0.924. The monoisotopic (exact) mass is 331 g/mol. The third kappa shape index (κ3) is 3.30. The molecule has 0 radical (unpaired) electrons. The van der Waals surface area contributed by atoms with Crippen molar-refractivity contribution in [2.24, 2.45) is 5.41 Å². The van der Waals surface area contributed by atoms with E-state index in [0.717, 1.165) is 31.6 Å².